The maximum Gasteiger partial charge on any atom is 0.316 e. The molecule has 0 saturated carbocycles. The van der Waals surface area contributed by atoms with Gasteiger partial charge in [-0.25, -0.2) is 8.78 Å². The summed E-state index contributed by atoms with van der Waals surface area (Å²) in [7, 11) is 0. The predicted octanol–water partition coefficient (Wildman–Crippen LogP) is 2.65. The maximum atomic E-state index is 13.4. The van der Waals surface area contributed by atoms with Gasteiger partial charge in [0.05, 0.1) is 11.8 Å². The van der Waals surface area contributed by atoms with E-state index >= 15 is 0 Å². The van der Waals surface area contributed by atoms with Gasteiger partial charge >= 0.3 is 5.97 Å². The number of ether oxygens (including phenoxy) is 1. The largest absolute Gasteiger partial charge is 0.455 e. The monoisotopic (exact) mass is 356 g/mol. The Kier molecular flexibility index (Phi) is 7.17. The van der Waals surface area contributed by atoms with Gasteiger partial charge in [0.2, 0.25) is 0 Å². The van der Waals surface area contributed by atoms with Crippen molar-refractivity contribution in [1.29, 1.82) is 5.26 Å². The molecule has 1 atom stereocenters. The van der Waals surface area contributed by atoms with Crippen LogP contribution in [0.2, 0.25) is 0 Å². The zero-order valence-electron chi connectivity index (χ0n) is 13.6. The summed E-state index contributed by atoms with van der Waals surface area (Å²) in [4.78, 5) is 23.3. The molecular weight excluding hydrogens is 338 g/mol. The Morgan fingerprint density at radius 3 is 2.67 bits per heavy atom. The third kappa shape index (κ3) is 5.81. The molecule has 5 nitrogen and oxygen atoms in total. The Bertz CT molecular complexity index is 661. The highest BCUT2D eigenvalue weighted by molar-refractivity contribution is 8.00. The van der Waals surface area contributed by atoms with Crippen molar-refractivity contribution < 1.29 is 23.1 Å². The van der Waals surface area contributed by atoms with E-state index in [4.69, 9.17) is 10.00 Å². The van der Waals surface area contributed by atoms with Crippen LogP contribution in [-0.4, -0.2) is 29.8 Å². The maximum absolute atomic E-state index is 13.4. The number of nitriles is 1. The zero-order valence-corrected chi connectivity index (χ0v) is 14.4. The molecule has 1 aromatic carbocycles. The number of benzene rings is 1. The van der Waals surface area contributed by atoms with E-state index in [-0.39, 0.29) is 16.6 Å². The molecule has 0 heterocycles. The number of hydrogen-bond acceptors (Lipinski definition) is 5. The number of halogens is 2. The number of thioether (sulfide) groups is 1. The summed E-state index contributed by atoms with van der Waals surface area (Å²) in [6.45, 7) is 4.58. The van der Waals surface area contributed by atoms with Gasteiger partial charge in [-0.05, 0) is 31.0 Å². The topological polar surface area (TPSA) is 79.2 Å². The fourth-order valence-corrected chi connectivity index (χ4v) is 2.30. The molecule has 0 bridgehead atoms. The van der Waals surface area contributed by atoms with Crippen molar-refractivity contribution in [2.24, 2.45) is 5.92 Å². The summed E-state index contributed by atoms with van der Waals surface area (Å²) < 4.78 is 31.2. The van der Waals surface area contributed by atoms with E-state index in [1.54, 1.807) is 20.8 Å². The van der Waals surface area contributed by atoms with Crippen molar-refractivity contribution in [2.45, 2.75) is 31.2 Å². The Balaban J connectivity index is 2.45. The van der Waals surface area contributed by atoms with Crippen LogP contribution in [0.4, 0.5) is 8.78 Å². The van der Waals surface area contributed by atoms with Crippen molar-refractivity contribution in [2.75, 3.05) is 12.4 Å². The first-order chi connectivity index (χ1) is 11.2. The molecule has 1 N–H and O–H groups in total. The summed E-state index contributed by atoms with van der Waals surface area (Å²) >= 11 is 0.770. The van der Waals surface area contributed by atoms with Crippen LogP contribution in [0.5, 0.6) is 0 Å². The zero-order chi connectivity index (χ0) is 18.3. The van der Waals surface area contributed by atoms with Gasteiger partial charge in [0.1, 0.15) is 17.2 Å². The highest BCUT2D eigenvalue weighted by Gasteiger charge is 2.30. The molecule has 8 heteroatoms. The minimum Gasteiger partial charge on any atom is -0.455 e. The molecule has 0 unspecified atom stereocenters. The third-order valence-corrected chi connectivity index (χ3v) is 4.39. The van der Waals surface area contributed by atoms with Crippen LogP contribution in [0.1, 0.15) is 20.8 Å². The van der Waals surface area contributed by atoms with E-state index in [0.29, 0.717) is 0 Å². The lowest BCUT2D eigenvalue weighted by Crippen LogP contribution is -2.50. The summed E-state index contributed by atoms with van der Waals surface area (Å²) in [5.74, 6) is -3.02. The van der Waals surface area contributed by atoms with Gasteiger partial charge in [-0.1, -0.05) is 13.8 Å². The van der Waals surface area contributed by atoms with E-state index in [1.165, 1.54) is 0 Å². The van der Waals surface area contributed by atoms with Crippen molar-refractivity contribution in [3.8, 4) is 6.07 Å². The lowest BCUT2D eigenvalue weighted by molar-refractivity contribution is -0.146. The fourth-order valence-electron chi connectivity index (χ4n) is 1.54. The minimum absolute atomic E-state index is 0.0201. The number of nitrogens with one attached hydrogen (secondary N) is 1. The van der Waals surface area contributed by atoms with Crippen molar-refractivity contribution in [1.82, 2.24) is 5.32 Å². The van der Waals surface area contributed by atoms with Crippen molar-refractivity contribution in [3.63, 3.8) is 0 Å². The number of esters is 1. The Morgan fingerprint density at radius 2 is 2.08 bits per heavy atom. The SMILES string of the molecule is CC(C)[C@@](C)(C#N)NC(=O)COC(=O)CSc1cc(F)ccc1F. The number of rotatable bonds is 7. The Labute approximate surface area is 143 Å². The van der Waals surface area contributed by atoms with Gasteiger partial charge in [-0.2, -0.15) is 5.26 Å². The van der Waals surface area contributed by atoms with Gasteiger partial charge in [0, 0.05) is 4.90 Å². The number of carbonyl (C=O) groups excluding carboxylic acids is 2. The second-order valence-electron chi connectivity index (χ2n) is 5.54. The van der Waals surface area contributed by atoms with Gasteiger partial charge in [0.25, 0.3) is 5.91 Å². The molecule has 0 saturated heterocycles. The van der Waals surface area contributed by atoms with Crippen molar-refractivity contribution in [3.05, 3.63) is 29.8 Å². The molecule has 0 fully saturated rings. The number of nitrogens with zero attached hydrogens (tertiary/aromatic N) is 1. The molecule has 1 amide bonds. The van der Waals surface area contributed by atoms with Crippen LogP contribution in [0, 0.1) is 28.9 Å². The average molecular weight is 356 g/mol. The van der Waals surface area contributed by atoms with Crippen LogP contribution < -0.4 is 5.32 Å². The third-order valence-electron chi connectivity index (χ3n) is 3.39. The second kappa shape index (κ2) is 8.64. The van der Waals surface area contributed by atoms with Crippen LogP contribution in [0.3, 0.4) is 0 Å². The molecule has 1 aromatic rings. The first kappa shape index (κ1) is 19.9. The smallest absolute Gasteiger partial charge is 0.316 e. The lowest BCUT2D eigenvalue weighted by Gasteiger charge is -2.27. The summed E-state index contributed by atoms with van der Waals surface area (Å²) in [5, 5.41) is 11.6. The first-order valence-corrected chi connectivity index (χ1v) is 8.12. The summed E-state index contributed by atoms with van der Waals surface area (Å²) in [5.41, 5.74) is -1.07. The lowest BCUT2D eigenvalue weighted by atomic mass is 9.90. The Morgan fingerprint density at radius 1 is 1.42 bits per heavy atom. The molecule has 0 spiro atoms. The fraction of sp³-hybridized carbons (Fsp3) is 0.438. The summed E-state index contributed by atoms with van der Waals surface area (Å²) in [6.07, 6.45) is 0. The molecule has 0 aliphatic rings. The van der Waals surface area contributed by atoms with E-state index < -0.39 is 35.7 Å². The number of hydrogen-bond donors (Lipinski definition) is 1. The minimum atomic E-state index is -1.07. The summed E-state index contributed by atoms with van der Waals surface area (Å²) in [6, 6.07) is 4.91. The van der Waals surface area contributed by atoms with E-state index in [2.05, 4.69) is 5.32 Å². The van der Waals surface area contributed by atoms with Gasteiger partial charge in [-0.3, -0.25) is 9.59 Å². The average Bonchev–Trinajstić information content (AvgIpc) is 2.53. The molecule has 0 aliphatic heterocycles. The predicted molar refractivity (Wildman–Crippen MR) is 85.0 cm³/mol. The van der Waals surface area contributed by atoms with E-state index in [9.17, 15) is 18.4 Å². The van der Waals surface area contributed by atoms with E-state index in [1.807, 2.05) is 6.07 Å². The standard InChI is InChI=1S/C16H18F2N2O3S/c1-10(2)16(3,9-19)20-14(21)7-23-15(22)8-24-13-6-11(17)4-5-12(13)18/h4-6,10H,7-8H2,1-3H3,(H,20,21)/t16-/m1/s1. The molecule has 130 valence electrons. The van der Waals surface area contributed by atoms with Crippen LogP contribution in [-0.2, 0) is 14.3 Å². The molecule has 0 aliphatic carbocycles. The van der Waals surface area contributed by atoms with Gasteiger partial charge < -0.3 is 10.1 Å². The molecule has 0 radical (unpaired) electrons. The second-order valence-corrected chi connectivity index (χ2v) is 6.56. The van der Waals surface area contributed by atoms with E-state index in [0.717, 1.165) is 30.0 Å². The quantitative estimate of drug-likeness (QED) is 0.600. The first-order valence-electron chi connectivity index (χ1n) is 7.13. The molecule has 0 aromatic heterocycles. The van der Waals surface area contributed by atoms with Gasteiger partial charge in [0.15, 0.2) is 6.61 Å². The highest BCUT2D eigenvalue weighted by atomic mass is 32.2. The highest BCUT2D eigenvalue weighted by Crippen LogP contribution is 2.22. The molecule has 24 heavy (non-hydrogen) atoms. The molecule has 1 rings (SSSR count). The van der Waals surface area contributed by atoms with Crippen LogP contribution >= 0.6 is 11.8 Å². The number of carbonyl (C=O) groups is 2. The molecular formula is C16H18F2N2O3S. The Hall–Kier alpha value is -2.14. The van der Waals surface area contributed by atoms with Crippen molar-refractivity contribution >= 4 is 23.6 Å². The van der Waals surface area contributed by atoms with Gasteiger partial charge in [-0.15, -0.1) is 11.8 Å². The van der Waals surface area contributed by atoms with Crippen LogP contribution in [0.15, 0.2) is 23.1 Å². The normalized spacial score (nSPS) is 13.0. The van der Waals surface area contributed by atoms with Crippen LogP contribution in [0.25, 0.3) is 0 Å². The number of amides is 1.